The molecule has 0 aliphatic rings. The Bertz CT molecular complexity index is 721. The molecule has 2 aromatic carbocycles. The van der Waals surface area contributed by atoms with Crippen LogP contribution in [0.4, 0.5) is 11.4 Å². The summed E-state index contributed by atoms with van der Waals surface area (Å²) in [4.78, 5) is 0. The first-order valence-corrected chi connectivity index (χ1v) is 9.38. The first-order valence-electron chi connectivity index (χ1n) is 7.84. The molecule has 4 nitrogen and oxygen atoms in total. The van der Waals surface area contributed by atoms with Crippen LogP contribution in [0, 0.1) is 0 Å². The number of sulfonamides is 1. The van der Waals surface area contributed by atoms with E-state index in [4.69, 9.17) is 0 Å². The summed E-state index contributed by atoms with van der Waals surface area (Å²) < 4.78 is 26.2. The van der Waals surface area contributed by atoms with E-state index in [1.54, 1.807) is 26.0 Å². The lowest BCUT2D eigenvalue weighted by Crippen LogP contribution is -2.22. The van der Waals surface area contributed by atoms with Crippen molar-refractivity contribution < 1.29 is 8.42 Å². The quantitative estimate of drug-likeness (QED) is 0.805. The molecule has 0 spiro atoms. The molecule has 5 heteroatoms. The van der Waals surface area contributed by atoms with Gasteiger partial charge in [0.05, 0.1) is 5.25 Å². The van der Waals surface area contributed by atoms with Crippen molar-refractivity contribution in [2.24, 2.45) is 0 Å². The van der Waals surface area contributed by atoms with Gasteiger partial charge in [-0.1, -0.05) is 31.2 Å². The number of rotatable bonds is 7. The van der Waals surface area contributed by atoms with Crippen molar-refractivity contribution in [2.75, 3.05) is 10.0 Å². The van der Waals surface area contributed by atoms with Crippen LogP contribution in [0.25, 0.3) is 0 Å². The fourth-order valence-corrected chi connectivity index (χ4v) is 2.74. The standard InChI is InChI=1S/C18H24N2O2S/c1-4-15-5-9-17(10-6-15)19-13-16-7-11-18(12-8-16)20-23(21,22)14(2)3/h5-12,14,19-20H,4,13H2,1-3H3. The Morgan fingerprint density at radius 3 is 1.91 bits per heavy atom. The fourth-order valence-electron chi connectivity index (χ4n) is 2.04. The van der Waals surface area contributed by atoms with Gasteiger partial charge in [-0.15, -0.1) is 0 Å². The van der Waals surface area contributed by atoms with Crippen LogP contribution in [0.2, 0.25) is 0 Å². The van der Waals surface area contributed by atoms with E-state index in [1.165, 1.54) is 5.56 Å². The maximum atomic E-state index is 11.8. The molecule has 0 saturated carbocycles. The van der Waals surface area contributed by atoms with Crippen LogP contribution in [-0.2, 0) is 23.0 Å². The van der Waals surface area contributed by atoms with Gasteiger partial charge in [0.2, 0.25) is 10.0 Å². The molecule has 124 valence electrons. The molecule has 2 N–H and O–H groups in total. The minimum Gasteiger partial charge on any atom is -0.381 e. The average molecular weight is 332 g/mol. The molecular weight excluding hydrogens is 308 g/mol. The zero-order valence-corrected chi connectivity index (χ0v) is 14.7. The summed E-state index contributed by atoms with van der Waals surface area (Å²) >= 11 is 0. The smallest absolute Gasteiger partial charge is 0.235 e. The molecule has 0 saturated heterocycles. The van der Waals surface area contributed by atoms with Crippen LogP contribution in [0.1, 0.15) is 31.9 Å². The minimum atomic E-state index is -3.29. The number of hydrogen-bond donors (Lipinski definition) is 2. The maximum absolute atomic E-state index is 11.8. The summed E-state index contributed by atoms with van der Waals surface area (Å²) in [6.07, 6.45) is 1.04. The summed E-state index contributed by atoms with van der Waals surface area (Å²) in [6.45, 7) is 6.15. The molecule has 0 aromatic heterocycles. The third kappa shape index (κ3) is 4.99. The molecule has 0 bridgehead atoms. The number of benzene rings is 2. The lowest BCUT2D eigenvalue weighted by molar-refractivity contribution is 0.593. The predicted molar refractivity (Wildman–Crippen MR) is 97.3 cm³/mol. The van der Waals surface area contributed by atoms with Gasteiger partial charge in [0.1, 0.15) is 0 Å². The van der Waals surface area contributed by atoms with E-state index in [0.717, 1.165) is 17.7 Å². The third-order valence-corrected chi connectivity index (χ3v) is 5.45. The van der Waals surface area contributed by atoms with Crippen LogP contribution in [-0.4, -0.2) is 13.7 Å². The van der Waals surface area contributed by atoms with Gasteiger partial charge in [-0.2, -0.15) is 0 Å². The van der Waals surface area contributed by atoms with Crippen LogP contribution in [0.5, 0.6) is 0 Å². The second-order valence-electron chi connectivity index (χ2n) is 5.80. The Morgan fingerprint density at radius 2 is 1.39 bits per heavy atom. The maximum Gasteiger partial charge on any atom is 0.235 e. The largest absolute Gasteiger partial charge is 0.381 e. The Labute approximate surface area is 139 Å². The highest BCUT2D eigenvalue weighted by molar-refractivity contribution is 7.93. The van der Waals surface area contributed by atoms with Gasteiger partial charge in [-0.3, -0.25) is 4.72 Å². The van der Waals surface area contributed by atoms with Crippen molar-refractivity contribution in [3.63, 3.8) is 0 Å². The topological polar surface area (TPSA) is 58.2 Å². The zero-order chi connectivity index (χ0) is 16.9. The highest BCUT2D eigenvalue weighted by Crippen LogP contribution is 2.15. The number of nitrogens with one attached hydrogen (secondary N) is 2. The van der Waals surface area contributed by atoms with Crippen molar-refractivity contribution in [2.45, 2.75) is 39.0 Å². The average Bonchev–Trinajstić information content (AvgIpc) is 2.54. The van der Waals surface area contributed by atoms with E-state index in [2.05, 4.69) is 41.2 Å². The number of aryl methyl sites for hydroxylation is 1. The Balaban J connectivity index is 1.94. The SMILES string of the molecule is CCc1ccc(NCc2ccc(NS(=O)(=O)C(C)C)cc2)cc1. The lowest BCUT2D eigenvalue weighted by atomic mass is 10.1. The van der Waals surface area contributed by atoms with E-state index < -0.39 is 15.3 Å². The van der Waals surface area contributed by atoms with Crippen molar-refractivity contribution in [1.82, 2.24) is 0 Å². The molecule has 2 aromatic rings. The summed E-state index contributed by atoms with van der Waals surface area (Å²) in [5.74, 6) is 0. The van der Waals surface area contributed by atoms with Crippen LogP contribution >= 0.6 is 0 Å². The molecule has 0 heterocycles. The molecule has 0 unspecified atom stereocenters. The van der Waals surface area contributed by atoms with E-state index in [-0.39, 0.29) is 0 Å². The number of anilines is 2. The first-order chi connectivity index (χ1) is 10.9. The van der Waals surface area contributed by atoms with Crippen molar-refractivity contribution >= 4 is 21.4 Å². The molecule has 0 aliphatic heterocycles. The molecule has 2 rings (SSSR count). The van der Waals surface area contributed by atoms with Gasteiger partial charge in [-0.05, 0) is 55.7 Å². The van der Waals surface area contributed by atoms with E-state index in [9.17, 15) is 8.42 Å². The summed E-state index contributed by atoms with van der Waals surface area (Å²) in [7, 11) is -3.29. The molecule has 23 heavy (non-hydrogen) atoms. The van der Waals surface area contributed by atoms with E-state index in [0.29, 0.717) is 12.2 Å². The van der Waals surface area contributed by atoms with Crippen molar-refractivity contribution in [3.05, 3.63) is 59.7 Å². The molecule has 0 aliphatic carbocycles. The van der Waals surface area contributed by atoms with Gasteiger partial charge in [-0.25, -0.2) is 8.42 Å². The lowest BCUT2D eigenvalue weighted by Gasteiger charge is -2.12. The Morgan fingerprint density at radius 1 is 0.870 bits per heavy atom. The minimum absolute atomic E-state index is 0.449. The molecule has 0 atom stereocenters. The van der Waals surface area contributed by atoms with Gasteiger partial charge in [0.25, 0.3) is 0 Å². The second-order valence-corrected chi connectivity index (χ2v) is 8.03. The van der Waals surface area contributed by atoms with Crippen LogP contribution in [0.15, 0.2) is 48.5 Å². The molecule has 0 amide bonds. The van der Waals surface area contributed by atoms with Crippen LogP contribution in [0.3, 0.4) is 0 Å². The normalized spacial score (nSPS) is 11.5. The van der Waals surface area contributed by atoms with Gasteiger partial charge in [0.15, 0.2) is 0 Å². The summed E-state index contributed by atoms with van der Waals surface area (Å²) in [5, 5.41) is 2.91. The van der Waals surface area contributed by atoms with Gasteiger partial charge < -0.3 is 5.32 Å². The van der Waals surface area contributed by atoms with Crippen molar-refractivity contribution in [1.29, 1.82) is 0 Å². The summed E-state index contributed by atoms with van der Waals surface area (Å²) in [5.41, 5.74) is 4.08. The molecular formula is C18H24N2O2S. The number of hydrogen-bond acceptors (Lipinski definition) is 3. The second kappa shape index (κ2) is 7.51. The molecule has 0 fully saturated rings. The highest BCUT2D eigenvalue weighted by Gasteiger charge is 2.15. The fraction of sp³-hybridized carbons (Fsp3) is 0.333. The predicted octanol–water partition coefficient (Wildman–Crippen LogP) is 4.01. The van der Waals surface area contributed by atoms with Gasteiger partial charge in [0, 0.05) is 17.9 Å². The highest BCUT2D eigenvalue weighted by atomic mass is 32.2. The van der Waals surface area contributed by atoms with Crippen molar-refractivity contribution in [3.8, 4) is 0 Å². The summed E-state index contributed by atoms with van der Waals surface area (Å²) in [6, 6.07) is 15.8. The first kappa shape index (κ1) is 17.3. The zero-order valence-electron chi connectivity index (χ0n) is 13.8. The van der Waals surface area contributed by atoms with E-state index >= 15 is 0 Å². The Kier molecular flexibility index (Phi) is 5.66. The monoisotopic (exact) mass is 332 g/mol. The van der Waals surface area contributed by atoms with Gasteiger partial charge >= 0.3 is 0 Å². The Hall–Kier alpha value is -2.01. The third-order valence-electron chi connectivity index (χ3n) is 3.69. The van der Waals surface area contributed by atoms with E-state index in [1.807, 2.05) is 12.1 Å². The van der Waals surface area contributed by atoms with Crippen LogP contribution < -0.4 is 10.0 Å². The molecule has 0 radical (unpaired) electrons.